The first-order valence-electron chi connectivity index (χ1n) is 10.4. The fourth-order valence-corrected chi connectivity index (χ4v) is 4.05. The van der Waals surface area contributed by atoms with Gasteiger partial charge < -0.3 is 19.9 Å². The standard InChI is InChI=1S/C21H34FN5O/c1-17(2)20(26-12-14-28-15-13-26)16-24-21(23-3)27-10-8-25(9-11-27)19-6-4-18(22)5-7-19/h4-7,17,20H,8-16H2,1-3H3,(H,23,24). The number of morpholine rings is 1. The maximum Gasteiger partial charge on any atom is 0.193 e. The van der Waals surface area contributed by atoms with Crippen LogP contribution in [0.15, 0.2) is 29.3 Å². The van der Waals surface area contributed by atoms with Gasteiger partial charge in [0.2, 0.25) is 0 Å². The van der Waals surface area contributed by atoms with Gasteiger partial charge >= 0.3 is 0 Å². The van der Waals surface area contributed by atoms with E-state index < -0.39 is 0 Å². The van der Waals surface area contributed by atoms with Crippen molar-refractivity contribution in [3.63, 3.8) is 0 Å². The number of aliphatic imine (C=N–C) groups is 1. The van der Waals surface area contributed by atoms with Crippen molar-refractivity contribution >= 4 is 11.6 Å². The number of nitrogens with zero attached hydrogens (tertiary/aromatic N) is 4. The lowest BCUT2D eigenvalue weighted by Gasteiger charge is -2.40. The minimum absolute atomic E-state index is 0.188. The highest BCUT2D eigenvalue weighted by Crippen LogP contribution is 2.17. The quantitative estimate of drug-likeness (QED) is 0.613. The Labute approximate surface area is 168 Å². The van der Waals surface area contributed by atoms with Gasteiger partial charge in [-0.25, -0.2) is 4.39 Å². The van der Waals surface area contributed by atoms with E-state index in [1.807, 2.05) is 19.2 Å². The van der Waals surface area contributed by atoms with E-state index in [-0.39, 0.29) is 5.82 Å². The summed E-state index contributed by atoms with van der Waals surface area (Å²) in [4.78, 5) is 11.7. The smallest absolute Gasteiger partial charge is 0.193 e. The predicted octanol–water partition coefficient (Wildman–Crippen LogP) is 1.88. The van der Waals surface area contributed by atoms with Gasteiger partial charge in [-0.3, -0.25) is 9.89 Å². The van der Waals surface area contributed by atoms with Crippen LogP contribution in [0.2, 0.25) is 0 Å². The zero-order chi connectivity index (χ0) is 19.9. The van der Waals surface area contributed by atoms with Gasteiger partial charge in [-0.1, -0.05) is 13.8 Å². The van der Waals surface area contributed by atoms with E-state index >= 15 is 0 Å². The molecule has 2 saturated heterocycles. The minimum Gasteiger partial charge on any atom is -0.379 e. The lowest BCUT2D eigenvalue weighted by molar-refractivity contribution is 0.00739. The molecule has 6 nitrogen and oxygen atoms in total. The Bertz CT molecular complexity index is 622. The summed E-state index contributed by atoms with van der Waals surface area (Å²) in [6.07, 6.45) is 0. The summed E-state index contributed by atoms with van der Waals surface area (Å²) in [5, 5.41) is 3.61. The van der Waals surface area contributed by atoms with Gasteiger partial charge in [-0.2, -0.15) is 0 Å². The molecule has 0 radical (unpaired) electrons. The maximum absolute atomic E-state index is 13.1. The van der Waals surface area contributed by atoms with Crippen molar-refractivity contribution in [1.29, 1.82) is 0 Å². The fourth-order valence-electron chi connectivity index (χ4n) is 4.05. The molecule has 1 atom stereocenters. The van der Waals surface area contributed by atoms with Crippen molar-refractivity contribution in [3.8, 4) is 0 Å². The SMILES string of the molecule is CN=C(NCC(C(C)C)N1CCOCC1)N1CCN(c2ccc(F)cc2)CC1. The zero-order valence-electron chi connectivity index (χ0n) is 17.4. The van der Waals surface area contributed by atoms with Crippen LogP contribution in [0.1, 0.15) is 13.8 Å². The van der Waals surface area contributed by atoms with Crippen LogP contribution in [-0.2, 0) is 4.74 Å². The average Bonchev–Trinajstić information content (AvgIpc) is 2.72. The fraction of sp³-hybridized carbons (Fsp3) is 0.667. The zero-order valence-corrected chi connectivity index (χ0v) is 17.4. The molecule has 2 aliphatic rings. The summed E-state index contributed by atoms with van der Waals surface area (Å²) < 4.78 is 18.7. The van der Waals surface area contributed by atoms with Crippen LogP contribution >= 0.6 is 0 Å². The summed E-state index contributed by atoms with van der Waals surface area (Å²) in [5.41, 5.74) is 1.08. The second kappa shape index (κ2) is 10.1. The average molecular weight is 392 g/mol. The molecule has 1 N–H and O–H groups in total. The lowest BCUT2D eigenvalue weighted by atomic mass is 10.0. The van der Waals surface area contributed by atoms with Gasteiger partial charge in [-0.05, 0) is 30.2 Å². The van der Waals surface area contributed by atoms with Crippen LogP contribution in [-0.4, -0.2) is 87.9 Å². The van der Waals surface area contributed by atoms with E-state index in [4.69, 9.17) is 4.74 Å². The van der Waals surface area contributed by atoms with Gasteiger partial charge in [0.25, 0.3) is 0 Å². The molecule has 0 aliphatic carbocycles. The first-order valence-corrected chi connectivity index (χ1v) is 10.4. The van der Waals surface area contributed by atoms with E-state index in [9.17, 15) is 4.39 Å². The summed E-state index contributed by atoms with van der Waals surface area (Å²) >= 11 is 0. The number of benzene rings is 1. The Hall–Kier alpha value is -1.86. The molecule has 2 aliphatic heterocycles. The predicted molar refractivity (Wildman–Crippen MR) is 113 cm³/mol. The van der Waals surface area contributed by atoms with E-state index in [0.717, 1.165) is 70.7 Å². The summed E-state index contributed by atoms with van der Waals surface area (Å²) in [5.74, 6) is 1.35. The maximum atomic E-state index is 13.1. The van der Waals surface area contributed by atoms with Crippen LogP contribution in [0.3, 0.4) is 0 Å². The van der Waals surface area contributed by atoms with Gasteiger partial charge in [0.1, 0.15) is 5.82 Å². The second-order valence-corrected chi connectivity index (χ2v) is 7.84. The third-order valence-electron chi connectivity index (χ3n) is 5.74. The summed E-state index contributed by atoms with van der Waals surface area (Å²) in [6, 6.07) is 7.24. The molecule has 1 unspecified atom stereocenters. The van der Waals surface area contributed by atoms with Crippen LogP contribution in [0.5, 0.6) is 0 Å². The number of guanidine groups is 1. The van der Waals surface area contributed by atoms with Crippen molar-refractivity contribution in [3.05, 3.63) is 30.1 Å². The Kier molecular flexibility index (Phi) is 7.50. The molecule has 28 heavy (non-hydrogen) atoms. The topological polar surface area (TPSA) is 43.3 Å². The van der Waals surface area contributed by atoms with Crippen molar-refractivity contribution < 1.29 is 9.13 Å². The number of ether oxygens (including phenoxy) is 1. The normalized spacial score (nSPS) is 20.5. The highest BCUT2D eigenvalue weighted by molar-refractivity contribution is 5.80. The molecule has 3 rings (SSSR count). The number of anilines is 1. The molecule has 156 valence electrons. The Balaban J connectivity index is 1.52. The number of hydrogen-bond acceptors (Lipinski definition) is 4. The van der Waals surface area contributed by atoms with Crippen molar-refractivity contribution in [2.24, 2.45) is 10.9 Å². The van der Waals surface area contributed by atoms with Crippen molar-refractivity contribution in [2.75, 3.05) is 71.0 Å². The minimum atomic E-state index is -0.188. The molecule has 0 aromatic heterocycles. The Morgan fingerprint density at radius 2 is 1.71 bits per heavy atom. The summed E-state index contributed by atoms with van der Waals surface area (Å²) in [7, 11) is 1.85. The lowest BCUT2D eigenvalue weighted by Crippen LogP contribution is -2.56. The first kappa shape index (κ1) is 20.9. The number of nitrogens with one attached hydrogen (secondary N) is 1. The van der Waals surface area contributed by atoms with Crippen LogP contribution in [0, 0.1) is 11.7 Å². The largest absolute Gasteiger partial charge is 0.379 e. The summed E-state index contributed by atoms with van der Waals surface area (Å²) in [6.45, 7) is 12.7. The third-order valence-corrected chi connectivity index (χ3v) is 5.74. The Morgan fingerprint density at radius 3 is 2.29 bits per heavy atom. The molecular weight excluding hydrogens is 357 g/mol. The number of piperazine rings is 1. The van der Waals surface area contributed by atoms with E-state index in [2.05, 4.69) is 38.9 Å². The molecule has 1 aromatic carbocycles. The monoisotopic (exact) mass is 391 g/mol. The first-order chi connectivity index (χ1) is 13.6. The van der Waals surface area contributed by atoms with Crippen LogP contribution in [0.4, 0.5) is 10.1 Å². The molecule has 2 heterocycles. The molecule has 1 aromatic rings. The third kappa shape index (κ3) is 5.35. The molecule has 0 bridgehead atoms. The van der Waals surface area contributed by atoms with Gasteiger partial charge in [-0.15, -0.1) is 0 Å². The van der Waals surface area contributed by atoms with Gasteiger partial charge in [0.15, 0.2) is 5.96 Å². The highest BCUT2D eigenvalue weighted by Gasteiger charge is 2.25. The van der Waals surface area contributed by atoms with Crippen LogP contribution in [0.25, 0.3) is 0 Å². The van der Waals surface area contributed by atoms with E-state index in [1.54, 1.807) is 0 Å². The molecule has 0 spiro atoms. The van der Waals surface area contributed by atoms with E-state index in [0.29, 0.717) is 12.0 Å². The van der Waals surface area contributed by atoms with E-state index in [1.165, 1.54) is 12.1 Å². The van der Waals surface area contributed by atoms with Crippen LogP contribution < -0.4 is 10.2 Å². The second-order valence-electron chi connectivity index (χ2n) is 7.84. The molecule has 2 fully saturated rings. The van der Waals surface area contributed by atoms with Gasteiger partial charge in [0.05, 0.1) is 13.2 Å². The van der Waals surface area contributed by atoms with Crippen molar-refractivity contribution in [1.82, 2.24) is 15.1 Å². The van der Waals surface area contributed by atoms with Crippen molar-refractivity contribution in [2.45, 2.75) is 19.9 Å². The Morgan fingerprint density at radius 1 is 1.07 bits per heavy atom. The number of rotatable bonds is 5. The van der Waals surface area contributed by atoms with Gasteiger partial charge in [0, 0.05) is 64.6 Å². The molecular formula is C21H34FN5O. The molecule has 0 amide bonds. The molecule has 7 heteroatoms. The number of halogens is 1. The highest BCUT2D eigenvalue weighted by atomic mass is 19.1. The number of hydrogen-bond donors (Lipinski definition) is 1. The molecule has 0 saturated carbocycles.